The topological polar surface area (TPSA) is 70.5 Å². The lowest BCUT2D eigenvalue weighted by Gasteiger charge is -2.28. The summed E-state index contributed by atoms with van der Waals surface area (Å²) in [5.41, 5.74) is 1.08. The van der Waals surface area contributed by atoms with Crippen molar-refractivity contribution in [3.8, 4) is 0 Å². The number of nitrogens with zero attached hydrogens (tertiary/aromatic N) is 4. The van der Waals surface area contributed by atoms with E-state index in [1.54, 1.807) is 23.7 Å². The number of likely N-dealkylation sites (N-methyl/N-ethyl adjacent to an activating group) is 1. The fraction of sp³-hybridized carbons (Fsp3) is 0.688. The van der Waals surface area contributed by atoms with Crippen LogP contribution in [0.4, 0.5) is 0 Å². The Morgan fingerprint density at radius 3 is 2.70 bits per heavy atom. The van der Waals surface area contributed by atoms with Gasteiger partial charge in [0, 0.05) is 52.9 Å². The van der Waals surface area contributed by atoms with Gasteiger partial charge in [0.25, 0.3) is 0 Å². The van der Waals surface area contributed by atoms with Crippen LogP contribution in [0, 0.1) is 5.92 Å². The molecule has 0 aromatic carbocycles. The molecule has 0 radical (unpaired) electrons. The van der Waals surface area contributed by atoms with Crippen molar-refractivity contribution >= 4 is 11.8 Å². The van der Waals surface area contributed by atoms with E-state index in [4.69, 9.17) is 0 Å². The molecule has 1 fully saturated rings. The maximum Gasteiger partial charge on any atom is 0.241 e. The number of aromatic nitrogens is 2. The molecule has 1 aliphatic rings. The number of nitrogens with one attached hydrogen (secondary N) is 1. The van der Waals surface area contributed by atoms with Crippen LogP contribution >= 0.6 is 0 Å². The van der Waals surface area contributed by atoms with Crippen molar-refractivity contribution in [2.24, 2.45) is 13.0 Å². The van der Waals surface area contributed by atoms with Crippen molar-refractivity contribution in [2.75, 3.05) is 40.3 Å². The van der Waals surface area contributed by atoms with Gasteiger partial charge in [0.05, 0.1) is 18.7 Å². The second kappa shape index (κ2) is 7.59. The molecule has 0 aliphatic carbocycles. The van der Waals surface area contributed by atoms with Gasteiger partial charge in [-0.15, -0.1) is 0 Å². The summed E-state index contributed by atoms with van der Waals surface area (Å²) in [6, 6.07) is 0. The highest BCUT2D eigenvalue weighted by molar-refractivity contribution is 5.86. The number of carbonyl (C=O) groups is 2. The lowest BCUT2D eigenvalue weighted by atomic mass is 9.89. The number of carbonyl (C=O) groups excluding carboxylic acids is 2. The molecule has 1 aromatic rings. The lowest BCUT2D eigenvalue weighted by Crippen LogP contribution is -2.44. The Morgan fingerprint density at radius 2 is 2.13 bits per heavy atom. The van der Waals surface area contributed by atoms with Gasteiger partial charge >= 0.3 is 0 Å². The first-order valence-electron chi connectivity index (χ1n) is 8.12. The third-order valence-corrected chi connectivity index (χ3v) is 4.31. The molecule has 128 valence electrons. The maximum absolute atomic E-state index is 13.0. The summed E-state index contributed by atoms with van der Waals surface area (Å²) in [6.07, 6.45) is 4.63. The van der Waals surface area contributed by atoms with Crippen molar-refractivity contribution in [2.45, 2.75) is 19.3 Å². The Hall–Kier alpha value is -1.89. The van der Waals surface area contributed by atoms with Crippen LogP contribution in [0.3, 0.4) is 0 Å². The smallest absolute Gasteiger partial charge is 0.241 e. The Kier molecular flexibility index (Phi) is 5.76. The fourth-order valence-electron chi connectivity index (χ4n) is 3.00. The molecule has 0 unspecified atom stereocenters. The molecule has 2 atom stereocenters. The SMILES string of the molecule is CCCN(CC(=O)N(C)C)C(=O)[C@H]1CNC[C@@H]1c1cnn(C)c1. The van der Waals surface area contributed by atoms with Crippen LogP contribution in [0.5, 0.6) is 0 Å². The molecule has 1 N–H and O–H groups in total. The van der Waals surface area contributed by atoms with Crippen LogP contribution in [-0.2, 0) is 16.6 Å². The highest BCUT2D eigenvalue weighted by Gasteiger charge is 2.37. The molecule has 0 spiro atoms. The molecule has 7 nitrogen and oxygen atoms in total. The predicted molar refractivity (Wildman–Crippen MR) is 87.9 cm³/mol. The molecule has 2 amide bonds. The first kappa shape index (κ1) is 17.5. The van der Waals surface area contributed by atoms with E-state index in [0.717, 1.165) is 18.5 Å². The Morgan fingerprint density at radius 1 is 1.39 bits per heavy atom. The zero-order chi connectivity index (χ0) is 17.0. The second-order valence-electron chi connectivity index (χ2n) is 6.37. The molecule has 23 heavy (non-hydrogen) atoms. The van der Waals surface area contributed by atoms with Crippen molar-refractivity contribution in [3.05, 3.63) is 18.0 Å². The number of rotatable bonds is 6. The first-order valence-corrected chi connectivity index (χ1v) is 8.12. The van der Waals surface area contributed by atoms with Crippen LogP contribution in [0.2, 0.25) is 0 Å². The van der Waals surface area contributed by atoms with Gasteiger partial charge in [-0.1, -0.05) is 6.92 Å². The second-order valence-corrected chi connectivity index (χ2v) is 6.37. The average Bonchev–Trinajstić information content (AvgIpc) is 3.14. The highest BCUT2D eigenvalue weighted by Crippen LogP contribution is 2.29. The summed E-state index contributed by atoms with van der Waals surface area (Å²) < 4.78 is 1.76. The van der Waals surface area contributed by atoms with Crippen molar-refractivity contribution in [1.29, 1.82) is 0 Å². The molecule has 1 aromatic heterocycles. The summed E-state index contributed by atoms with van der Waals surface area (Å²) in [6.45, 7) is 4.19. The van der Waals surface area contributed by atoms with Gasteiger partial charge in [0.1, 0.15) is 0 Å². The molecule has 0 saturated carbocycles. The third-order valence-electron chi connectivity index (χ3n) is 4.31. The van der Waals surface area contributed by atoms with Crippen LogP contribution in [0.15, 0.2) is 12.4 Å². The Labute approximate surface area is 137 Å². The molecule has 7 heteroatoms. The van der Waals surface area contributed by atoms with E-state index in [9.17, 15) is 9.59 Å². The molecule has 1 saturated heterocycles. The summed E-state index contributed by atoms with van der Waals surface area (Å²) in [7, 11) is 5.31. The number of aryl methyl sites for hydroxylation is 1. The fourth-order valence-corrected chi connectivity index (χ4v) is 3.00. The largest absolute Gasteiger partial charge is 0.347 e. The van der Waals surface area contributed by atoms with E-state index in [-0.39, 0.29) is 30.2 Å². The van der Waals surface area contributed by atoms with Gasteiger partial charge in [-0.3, -0.25) is 14.3 Å². The minimum atomic E-state index is -0.138. The van der Waals surface area contributed by atoms with Gasteiger partial charge in [0.2, 0.25) is 11.8 Å². The molecular formula is C16H27N5O2. The summed E-state index contributed by atoms with van der Waals surface area (Å²) >= 11 is 0. The summed E-state index contributed by atoms with van der Waals surface area (Å²) in [5.74, 6) is -0.0117. The molecular weight excluding hydrogens is 294 g/mol. The number of hydrogen-bond acceptors (Lipinski definition) is 4. The summed E-state index contributed by atoms with van der Waals surface area (Å²) in [5, 5.41) is 7.52. The zero-order valence-corrected chi connectivity index (χ0v) is 14.5. The number of amides is 2. The van der Waals surface area contributed by atoms with Crippen molar-refractivity contribution in [3.63, 3.8) is 0 Å². The van der Waals surface area contributed by atoms with Crippen LogP contribution < -0.4 is 5.32 Å². The Balaban J connectivity index is 2.12. The van der Waals surface area contributed by atoms with Gasteiger partial charge in [0.15, 0.2) is 0 Å². The standard InChI is InChI=1S/C16H27N5O2/c1-5-6-21(11-15(22)19(2)3)16(23)14-9-17-8-13(14)12-7-18-20(4)10-12/h7,10,13-14,17H,5-6,8-9,11H2,1-4H3/t13-,14+/m1/s1. The summed E-state index contributed by atoms with van der Waals surface area (Å²) in [4.78, 5) is 28.2. The highest BCUT2D eigenvalue weighted by atomic mass is 16.2. The van der Waals surface area contributed by atoms with Gasteiger partial charge < -0.3 is 15.1 Å². The van der Waals surface area contributed by atoms with E-state index in [1.165, 1.54) is 4.90 Å². The average molecular weight is 321 g/mol. The third kappa shape index (κ3) is 4.10. The molecule has 2 rings (SSSR count). The van der Waals surface area contributed by atoms with E-state index in [0.29, 0.717) is 13.1 Å². The monoisotopic (exact) mass is 321 g/mol. The van der Waals surface area contributed by atoms with Crippen LogP contribution in [0.1, 0.15) is 24.8 Å². The van der Waals surface area contributed by atoms with Crippen molar-refractivity contribution in [1.82, 2.24) is 24.9 Å². The van der Waals surface area contributed by atoms with Crippen LogP contribution in [-0.4, -0.2) is 71.7 Å². The maximum atomic E-state index is 13.0. The van der Waals surface area contributed by atoms with Gasteiger partial charge in [-0.25, -0.2) is 0 Å². The molecule has 0 bridgehead atoms. The normalized spacial score (nSPS) is 20.5. The van der Waals surface area contributed by atoms with Crippen LogP contribution in [0.25, 0.3) is 0 Å². The first-order chi connectivity index (χ1) is 10.9. The van der Waals surface area contributed by atoms with E-state index in [1.807, 2.05) is 26.4 Å². The number of hydrogen-bond donors (Lipinski definition) is 1. The molecule has 1 aliphatic heterocycles. The van der Waals surface area contributed by atoms with E-state index in [2.05, 4.69) is 10.4 Å². The van der Waals surface area contributed by atoms with Gasteiger partial charge in [-0.2, -0.15) is 5.10 Å². The lowest BCUT2D eigenvalue weighted by molar-refractivity contribution is -0.141. The quantitative estimate of drug-likeness (QED) is 0.804. The Bertz CT molecular complexity index is 554. The van der Waals surface area contributed by atoms with E-state index >= 15 is 0 Å². The minimum Gasteiger partial charge on any atom is -0.347 e. The minimum absolute atomic E-state index is 0.0457. The predicted octanol–water partition coefficient (Wildman–Crippen LogP) is 0.0499. The van der Waals surface area contributed by atoms with Gasteiger partial charge in [-0.05, 0) is 12.0 Å². The van der Waals surface area contributed by atoms with Crippen molar-refractivity contribution < 1.29 is 9.59 Å². The zero-order valence-electron chi connectivity index (χ0n) is 14.5. The molecule has 2 heterocycles. The van der Waals surface area contributed by atoms with E-state index < -0.39 is 0 Å².